The van der Waals surface area contributed by atoms with E-state index in [1.807, 2.05) is 6.07 Å². The number of piperidine rings is 1. The predicted molar refractivity (Wildman–Crippen MR) is 103 cm³/mol. The van der Waals surface area contributed by atoms with Gasteiger partial charge in [0.2, 0.25) is 0 Å². The molecule has 1 saturated heterocycles. The van der Waals surface area contributed by atoms with E-state index in [4.69, 9.17) is 0 Å². The Bertz CT molecular complexity index is 544. The third kappa shape index (κ3) is 7.43. The van der Waals surface area contributed by atoms with Gasteiger partial charge < -0.3 is 15.5 Å². The molecule has 5 heteroatoms. The molecule has 2 N–H and O–H groups in total. The van der Waals surface area contributed by atoms with E-state index in [9.17, 15) is 4.39 Å². The SMILES string of the molecule is CN=C(NCCc1cccc(F)c1)NCC1CCCN(CC(C)C)C1. The van der Waals surface area contributed by atoms with Crippen molar-refractivity contribution in [3.8, 4) is 0 Å². The molecule has 1 heterocycles. The number of guanidine groups is 1. The molecule has 0 radical (unpaired) electrons. The average Bonchev–Trinajstić information content (AvgIpc) is 2.58. The van der Waals surface area contributed by atoms with E-state index >= 15 is 0 Å². The van der Waals surface area contributed by atoms with Crippen molar-refractivity contribution in [3.63, 3.8) is 0 Å². The number of nitrogens with one attached hydrogen (secondary N) is 2. The summed E-state index contributed by atoms with van der Waals surface area (Å²) in [5.74, 6) is 2.05. The van der Waals surface area contributed by atoms with Gasteiger partial charge in [-0.25, -0.2) is 4.39 Å². The second kappa shape index (κ2) is 10.4. The minimum absolute atomic E-state index is 0.178. The molecule has 1 aliphatic rings. The van der Waals surface area contributed by atoms with Gasteiger partial charge >= 0.3 is 0 Å². The summed E-state index contributed by atoms with van der Waals surface area (Å²) in [5, 5.41) is 6.77. The van der Waals surface area contributed by atoms with E-state index < -0.39 is 0 Å². The van der Waals surface area contributed by atoms with E-state index in [1.54, 1.807) is 19.2 Å². The van der Waals surface area contributed by atoms with Crippen molar-refractivity contribution in [3.05, 3.63) is 35.6 Å². The van der Waals surface area contributed by atoms with Crippen molar-refractivity contribution in [2.24, 2.45) is 16.8 Å². The van der Waals surface area contributed by atoms with Crippen molar-refractivity contribution >= 4 is 5.96 Å². The second-order valence-corrected chi connectivity index (χ2v) is 7.42. The molecular weight excluding hydrogens is 315 g/mol. The summed E-state index contributed by atoms with van der Waals surface area (Å²) >= 11 is 0. The maximum atomic E-state index is 13.2. The first-order chi connectivity index (χ1) is 12.1. The Labute approximate surface area is 151 Å². The molecule has 0 saturated carbocycles. The molecule has 1 atom stereocenters. The smallest absolute Gasteiger partial charge is 0.190 e. The molecule has 4 nitrogen and oxygen atoms in total. The number of hydrogen-bond donors (Lipinski definition) is 2. The van der Waals surface area contributed by atoms with Gasteiger partial charge in [-0.3, -0.25) is 4.99 Å². The van der Waals surface area contributed by atoms with E-state index in [1.165, 1.54) is 38.5 Å². The highest BCUT2D eigenvalue weighted by molar-refractivity contribution is 5.79. The summed E-state index contributed by atoms with van der Waals surface area (Å²) in [4.78, 5) is 6.88. The summed E-state index contributed by atoms with van der Waals surface area (Å²) in [6.07, 6.45) is 3.34. The van der Waals surface area contributed by atoms with E-state index in [2.05, 4.69) is 34.4 Å². The number of benzene rings is 1. The quantitative estimate of drug-likeness (QED) is 0.588. The van der Waals surface area contributed by atoms with Crippen molar-refractivity contribution in [2.75, 3.05) is 39.8 Å². The molecule has 0 aromatic heterocycles. The number of rotatable bonds is 7. The fourth-order valence-corrected chi connectivity index (χ4v) is 3.48. The molecule has 1 aliphatic heterocycles. The zero-order valence-electron chi connectivity index (χ0n) is 15.9. The Kier molecular flexibility index (Phi) is 8.19. The molecule has 1 aromatic rings. The minimum Gasteiger partial charge on any atom is -0.356 e. The van der Waals surface area contributed by atoms with Crippen LogP contribution in [0.15, 0.2) is 29.3 Å². The molecule has 0 bridgehead atoms. The molecule has 0 aliphatic carbocycles. The zero-order chi connectivity index (χ0) is 18.1. The number of likely N-dealkylation sites (tertiary alicyclic amines) is 1. The van der Waals surface area contributed by atoms with Gasteiger partial charge in [0, 0.05) is 33.2 Å². The van der Waals surface area contributed by atoms with Crippen LogP contribution in [0.1, 0.15) is 32.3 Å². The van der Waals surface area contributed by atoms with Crippen molar-refractivity contribution in [1.29, 1.82) is 0 Å². The third-order valence-electron chi connectivity index (χ3n) is 4.60. The number of nitrogens with zero attached hydrogens (tertiary/aromatic N) is 2. The Balaban J connectivity index is 1.69. The molecular formula is C20H33FN4. The van der Waals surface area contributed by atoms with Gasteiger partial charge in [0.1, 0.15) is 5.82 Å². The first-order valence-corrected chi connectivity index (χ1v) is 9.48. The Morgan fingerprint density at radius 3 is 2.92 bits per heavy atom. The van der Waals surface area contributed by atoms with Crippen LogP contribution in [0, 0.1) is 17.7 Å². The topological polar surface area (TPSA) is 39.7 Å². The first-order valence-electron chi connectivity index (χ1n) is 9.48. The summed E-state index contributed by atoms with van der Waals surface area (Å²) in [7, 11) is 1.80. The maximum absolute atomic E-state index is 13.2. The lowest BCUT2D eigenvalue weighted by Gasteiger charge is -2.34. The normalized spacial score (nSPS) is 19.2. The molecule has 25 heavy (non-hydrogen) atoms. The van der Waals surface area contributed by atoms with Gasteiger partial charge in [-0.05, 0) is 55.3 Å². The van der Waals surface area contributed by atoms with Crippen LogP contribution in [0.3, 0.4) is 0 Å². The first kappa shape index (κ1) is 19.7. The van der Waals surface area contributed by atoms with Crippen LogP contribution in [0.4, 0.5) is 4.39 Å². The zero-order valence-corrected chi connectivity index (χ0v) is 15.9. The summed E-state index contributed by atoms with van der Waals surface area (Å²) in [6.45, 7) is 9.86. The Morgan fingerprint density at radius 2 is 2.20 bits per heavy atom. The molecule has 1 fully saturated rings. The van der Waals surface area contributed by atoms with Crippen LogP contribution >= 0.6 is 0 Å². The lowest BCUT2D eigenvalue weighted by molar-refractivity contribution is 0.159. The van der Waals surface area contributed by atoms with Crippen LogP contribution in [0.25, 0.3) is 0 Å². The highest BCUT2D eigenvalue weighted by Gasteiger charge is 2.20. The summed E-state index contributed by atoms with van der Waals surface area (Å²) in [6, 6.07) is 6.77. The lowest BCUT2D eigenvalue weighted by atomic mass is 9.97. The molecule has 1 unspecified atom stereocenters. The largest absolute Gasteiger partial charge is 0.356 e. The maximum Gasteiger partial charge on any atom is 0.190 e. The van der Waals surface area contributed by atoms with Crippen LogP contribution in [0.2, 0.25) is 0 Å². The van der Waals surface area contributed by atoms with E-state index in [0.29, 0.717) is 5.92 Å². The monoisotopic (exact) mass is 348 g/mol. The van der Waals surface area contributed by atoms with Gasteiger partial charge in [0.25, 0.3) is 0 Å². The van der Waals surface area contributed by atoms with Gasteiger partial charge in [0.05, 0.1) is 0 Å². The highest BCUT2D eigenvalue weighted by Crippen LogP contribution is 2.16. The Morgan fingerprint density at radius 1 is 1.36 bits per heavy atom. The molecule has 0 amide bonds. The number of aliphatic imine (C=N–C) groups is 1. The lowest BCUT2D eigenvalue weighted by Crippen LogP contribution is -2.45. The standard InChI is InChI=1S/C20H33FN4/c1-16(2)14-25-11-5-7-18(15-25)13-24-20(22-3)23-10-9-17-6-4-8-19(21)12-17/h4,6,8,12,16,18H,5,7,9-11,13-15H2,1-3H3,(H2,22,23,24). The second-order valence-electron chi connectivity index (χ2n) is 7.42. The third-order valence-corrected chi connectivity index (χ3v) is 4.60. The predicted octanol–water partition coefficient (Wildman–Crippen LogP) is 2.90. The number of hydrogen-bond acceptors (Lipinski definition) is 2. The Hall–Kier alpha value is -1.62. The van der Waals surface area contributed by atoms with Crippen molar-refractivity contribution in [1.82, 2.24) is 15.5 Å². The van der Waals surface area contributed by atoms with Gasteiger partial charge in [-0.1, -0.05) is 26.0 Å². The molecule has 2 rings (SSSR count). The van der Waals surface area contributed by atoms with E-state index in [0.717, 1.165) is 37.0 Å². The van der Waals surface area contributed by atoms with Crippen LogP contribution in [-0.4, -0.2) is 50.6 Å². The summed E-state index contributed by atoms with van der Waals surface area (Å²) in [5.41, 5.74) is 1.000. The van der Waals surface area contributed by atoms with Crippen molar-refractivity contribution in [2.45, 2.75) is 33.1 Å². The highest BCUT2D eigenvalue weighted by atomic mass is 19.1. The van der Waals surface area contributed by atoms with Gasteiger partial charge in [-0.15, -0.1) is 0 Å². The summed E-state index contributed by atoms with van der Waals surface area (Å²) < 4.78 is 13.2. The molecule has 140 valence electrons. The fraction of sp³-hybridized carbons (Fsp3) is 0.650. The van der Waals surface area contributed by atoms with Gasteiger partial charge in [-0.2, -0.15) is 0 Å². The molecule has 0 spiro atoms. The van der Waals surface area contributed by atoms with Crippen LogP contribution < -0.4 is 10.6 Å². The van der Waals surface area contributed by atoms with Gasteiger partial charge in [0.15, 0.2) is 5.96 Å². The number of halogens is 1. The fourth-order valence-electron chi connectivity index (χ4n) is 3.48. The average molecular weight is 349 g/mol. The molecule has 1 aromatic carbocycles. The van der Waals surface area contributed by atoms with Crippen molar-refractivity contribution < 1.29 is 4.39 Å². The van der Waals surface area contributed by atoms with E-state index in [-0.39, 0.29) is 5.82 Å². The van der Waals surface area contributed by atoms with Crippen LogP contribution in [-0.2, 0) is 6.42 Å². The minimum atomic E-state index is -0.178. The van der Waals surface area contributed by atoms with Crippen LogP contribution in [0.5, 0.6) is 0 Å².